The van der Waals surface area contributed by atoms with Crippen LogP contribution in [0.25, 0.3) is 0 Å². The molecular formula is C13H14ClN3O. The Balaban J connectivity index is 1.91. The molecule has 2 heterocycles. The van der Waals surface area contributed by atoms with E-state index in [1.165, 1.54) is 0 Å². The van der Waals surface area contributed by atoms with E-state index >= 15 is 0 Å². The molecule has 0 unspecified atom stereocenters. The molecule has 0 fully saturated rings. The predicted octanol–water partition coefficient (Wildman–Crippen LogP) is 2.21. The standard InChI is InChI=1S/C13H14ClN3O/c14-11-4-5-13(17-12(11)9-15)18-8-6-10-3-1-2-7-16-10/h1-5,7H,6,8-9,15H2. The lowest BCUT2D eigenvalue weighted by Gasteiger charge is -2.07. The summed E-state index contributed by atoms with van der Waals surface area (Å²) in [6.07, 6.45) is 2.51. The number of rotatable bonds is 5. The fourth-order valence-corrected chi connectivity index (χ4v) is 1.68. The topological polar surface area (TPSA) is 61.0 Å². The largest absolute Gasteiger partial charge is 0.477 e. The molecule has 2 rings (SSSR count). The molecule has 0 aromatic carbocycles. The highest BCUT2D eigenvalue weighted by Crippen LogP contribution is 2.17. The molecule has 0 spiro atoms. The number of nitrogens with zero attached hydrogens (tertiary/aromatic N) is 2. The maximum Gasteiger partial charge on any atom is 0.213 e. The maximum absolute atomic E-state index is 5.92. The summed E-state index contributed by atoms with van der Waals surface area (Å²) in [4.78, 5) is 8.44. The van der Waals surface area contributed by atoms with E-state index in [2.05, 4.69) is 9.97 Å². The molecule has 0 aliphatic heterocycles. The molecule has 0 aliphatic rings. The minimum absolute atomic E-state index is 0.302. The molecule has 0 bridgehead atoms. The van der Waals surface area contributed by atoms with E-state index in [4.69, 9.17) is 22.1 Å². The first kappa shape index (κ1) is 12.8. The summed E-state index contributed by atoms with van der Waals surface area (Å²) in [5, 5.41) is 0.564. The van der Waals surface area contributed by atoms with Crippen LogP contribution in [0, 0.1) is 0 Å². The van der Waals surface area contributed by atoms with Crippen molar-refractivity contribution in [2.24, 2.45) is 5.73 Å². The summed E-state index contributed by atoms with van der Waals surface area (Å²) in [6, 6.07) is 9.28. The van der Waals surface area contributed by atoms with Crippen LogP contribution in [-0.2, 0) is 13.0 Å². The van der Waals surface area contributed by atoms with Crippen molar-refractivity contribution in [2.45, 2.75) is 13.0 Å². The van der Waals surface area contributed by atoms with Crippen LogP contribution in [0.1, 0.15) is 11.4 Å². The van der Waals surface area contributed by atoms with E-state index < -0.39 is 0 Å². The number of hydrogen-bond acceptors (Lipinski definition) is 4. The first-order valence-corrected chi connectivity index (χ1v) is 6.05. The number of ether oxygens (including phenoxy) is 1. The van der Waals surface area contributed by atoms with E-state index in [-0.39, 0.29) is 0 Å². The second-order valence-corrected chi connectivity index (χ2v) is 4.11. The highest BCUT2D eigenvalue weighted by Gasteiger charge is 2.03. The van der Waals surface area contributed by atoms with E-state index in [1.807, 2.05) is 18.2 Å². The van der Waals surface area contributed by atoms with Gasteiger partial charge in [0.05, 0.1) is 17.3 Å². The molecule has 0 aliphatic carbocycles. The Bertz CT molecular complexity index is 505. The van der Waals surface area contributed by atoms with Crippen molar-refractivity contribution in [1.29, 1.82) is 0 Å². The number of hydrogen-bond donors (Lipinski definition) is 1. The number of halogens is 1. The van der Waals surface area contributed by atoms with Crippen LogP contribution >= 0.6 is 11.6 Å². The molecule has 5 heteroatoms. The quantitative estimate of drug-likeness (QED) is 0.898. The van der Waals surface area contributed by atoms with E-state index in [0.29, 0.717) is 29.7 Å². The van der Waals surface area contributed by atoms with Gasteiger partial charge < -0.3 is 10.5 Å². The summed E-state index contributed by atoms with van der Waals surface area (Å²) in [6.45, 7) is 0.825. The zero-order valence-electron chi connectivity index (χ0n) is 9.84. The monoisotopic (exact) mass is 263 g/mol. The minimum Gasteiger partial charge on any atom is -0.477 e. The van der Waals surface area contributed by atoms with Crippen LogP contribution in [0.2, 0.25) is 5.02 Å². The van der Waals surface area contributed by atoms with Gasteiger partial charge in [0, 0.05) is 30.9 Å². The van der Waals surface area contributed by atoms with Gasteiger partial charge in [0.2, 0.25) is 5.88 Å². The smallest absolute Gasteiger partial charge is 0.213 e. The van der Waals surface area contributed by atoms with Gasteiger partial charge in [-0.2, -0.15) is 0 Å². The number of aromatic nitrogens is 2. The highest BCUT2D eigenvalue weighted by molar-refractivity contribution is 6.31. The third-order valence-electron chi connectivity index (χ3n) is 2.42. The Morgan fingerprint density at radius 1 is 1.22 bits per heavy atom. The third-order valence-corrected chi connectivity index (χ3v) is 2.76. The summed E-state index contributed by atoms with van der Waals surface area (Å²) >= 11 is 5.92. The zero-order valence-corrected chi connectivity index (χ0v) is 10.6. The maximum atomic E-state index is 5.92. The van der Waals surface area contributed by atoms with E-state index in [9.17, 15) is 0 Å². The van der Waals surface area contributed by atoms with Crippen LogP contribution in [0.4, 0.5) is 0 Å². The fraction of sp³-hybridized carbons (Fsp3) is 0.231. The van der Waals surface area contributed by atoms with Crippen molar-refractivity contribution in [3.05, 3.63) is 52.9 Å². The van der Waals surface area contributed by atoms with Gasteiger partial charge in [-0.15, -0.1) is 0 Å². The van der Waals surface area contributed by atoms with Crippen molar-refractivity contribution in [3.63, 3.8) is 0 Å². The number of nitrogens with two attached hydrogens (primary N) is 1. The van der Waals surface area contributed by atoms with Crippen LogP contribution < -0.4 is 10.5 Å². The molecule has 18 heavy (non-hydrogen) atoms. The van der Waals surface area contributed by atoms with Crippen molar-refractivity contribution in [1.82, 2.24) is 9.97 Å². The summed E-state index contributed by atoms with van der Waals surface area (Å²) in [5.74, 6) is 0.538. The summed E-state index contributed by atoms with van der Waals surface area (Å²) < 4.78 is 5.54. The Morgan fingerprint density at radius 2 is 2.11 bits per heavy atom. The molecular weight excluding hydrogens is 250 g/mol. The van der Waals surface area contributed by atoms with Gasteiger partial charge in [0.1, 0.15) is 0 Å². The Kier molecular flexibility index (Phi) is 4.50. The molecule has 0 amide bonds. The molecule has 2 aromatic rings. The molecule has 0 radical (unpaired) electrons. The van der Waals surface area contributed by atoms with Gasteiger partial charge in [-0.05, 0) is 18.2 Å². The second-order valence-electron chi connectivity index (χ2n) is 3.70. The van der Waals surface area contributed by atoms with Gasteiger partial charge >= 0.3 is 0 Å². The van der Waals surface area contributed by atoms with Crippen molar-refractivity contribution in [2.75, 3.05) is 6.61 Å². The van der Waals surface area contributed by atoms with Gasteiger partial charge in [-0.25, -0.2) is 4.98 Å². The lowest BCUT2D eigenvalue weighted by Crippen LogP contribution is -2.06. The zero-order chi connectivity index (χ0) is 12.8. The minimum atomic E-state index is 0.302. The summed E-state index contributed by atoms with van der Waals surface area (Å²) in [7, 11) is 0. The lowest BCUT2D eigenvalue weighted by atomic mass is 10.3. The van der Waals surface area contributed by atoms with Gasteiger partial charge in [-0.3, -0.25) is 4.98 Å². The first-order chi connectivity index (χ1) is 8.79. The Hall–Kier alpha value is -1.65. The predicted molar refractivity (Wildman–Crippen MR) is 70.6 cm³/mol. The Morgan fingerprint density at radius 3 is 2.83 bits per heavy atom. The molecule has 0 saturated carbocycles. The molecule has 2 N–H and O–H groups in total. The number of pyridine rings is 2. The summed E-state index contributed by atoms with van der Waals surface area (Å²) in [5.41, 5.74) is 7.16. The first-order valence-electron chi connectivity index (χ1n) is 5.68. The van der Waals surface area contributed by atoms with Crippen molar-refractivity contribution in [3.8, 4) is 5.88 Å². The van der Waals surface area contributed by atoms with Crippen LogP contribution in [0.15, 0.2) is 36.5 Å². The van der Waals surface area contributed by atoms with Crippen molar-refractivity contribution < 1.29 is 4.74 Å². The van der Waals surface area contributed by atoms with E-state index in [1.54, 1.807) is 18.3 Å². The fourth-order valence-electron chi connectivity index (χ4n) is 1.49. The SMILES string of the molecule is NCc1nc(OCCc2ccccn2)ccc1Cl. The second kappa shape index (κ2) is 6.33. The molecule has 94 valence electrons. The average Bonchev–Trinajstić information content (AvgIpc) is 2.42. The Labute approximate surface area is 111 Å². The molecule has 0 atom stereocenters. The van der Waals surface area contributed by atoms with Crippen LogP contribution in [0.3, 0.4) is 0 Å². The van der Waals surface area contributed by atoms with E-state index in [0.717, 1.165) is 12.1 Å². The highest BCUT2D eigenvalue weighted by atomic mass is 35.5. The van der Waals surface area contributed by atoms with Crippen molar-refractivity contribution >= 4 is 11.6 Å². The third kappa shape index (κ3) is 3.42. The van der Waals surface area contributed by atoms with Gasteiger partial charge in [0.15, 0.2) is 0 Å². The molecule has 0 saturated heterocycles. The molecule has 4 nitrogen and oxygen atoms in total. The lowest BCUT2D eigenvalue weighted by molar-refractivity contribution is 0.307. The van der Waals surface area contributed by atoms with Crippen LogP contribution in [0.5, 0.6) is 5.88 Å². The normalized spacial score (nSPS) is 10.3. The van der Waals surface area contributed by atoms with Gasteiger partial charge in [-0.1, -0.05) is 17.7 Å². The van der Waals surface area contributed by atoms with Crippen LogP contribution in [-0.4, -0.2) is 16.6 Å². The molecule has 2 aromatic heterocycles. The van der Waals surface area contributed by atoms with Gasteiger partial charge in [0.25, 0.3) is 0 Å². The average molecular weight is 264 g/mol.